The number of carbonyl (C=O) groups excluding carboxylic acids is 3. The van der Waals surface area contributed by atoms with Gasteiger partial charge in [0.2, 0.25) is 5.91 Å². The quantitative estimate of drug-likeness (QED) is 0.303. The Morgan fingerprint density at radius 2 is 0.965 bits per heavy atom. The number of likely N-dealkylation sites (N-methyl/N-ethyl adjacent to an activating group) is 1. The van der Waals surface area contributed by atoms with E-state index in [0.29, 0.717) is 13.1 Å². The monoisotopic (exact) mass is 803 g/mol. The molecule has 2 heterocycles. The molecule has 2 aliphatic heterocycles. The molecule has 0 bridgehead atoms. The van der Waals surface area contributed by atoms with Gasteiger partial charge in [0.25, 0.3) is 0 Å². The molecule has 314 valence electrons. The predicted octanol–water partition coefficient (Wildman–Crippen LogP) is 4.37. The first-order chi connectivity index (χ1) is 26.6. The van der Waals surface area contributed by atoms with Crippen molar-refractivity contribution >= 4 is 29.9 Å². The molecule has 14 nitrogen and oxygen atoms in total. The fourth-order valence-electron chi connectivity index (χ4n) is 8.82. The lowest BCUT2D eigenvalue weighted by atomic mass is 9.68. The molecule has 2 spiro atoms. The Morgan fingerprint density at radius 3 is 1.25 bits per heavy atom. The van der Waals surface area contributed by atoms with Crippen LogP contribution in [0.3, 0.4) is 0 Å². The largest absolute Gasteiger partial charge is 0.490 e. The van der Waals surface area contributed by atoms with E-state index in [1.807, 2.05) is 12.1 Å². The van der Waals surface area contributed by atoms with Crippen LogP contribution in [0.2, 0.25) is 0 Å². The van der Waals surface area contributed by atoms with Crippen molar-refractivity contribution < 1.29 is 47.4 Å². The molecule has 57 heavy (non-hydrogen) atoms. The first kappa shape index (κ1) is 44.8. The van der Waals surface area contributed by atoms with E-state index in [1.54, 1.807) is 23.9 Å². The Kier molecular flexibility index (Phi) is 13.9. The minimum atomic E-state index is -5.08. The highest BCUT2D eigenvalue weighted by molar-refractivity contribution is 5.86. The van der Waals surface area contributed by atoms with Crippen LogP contribution in [0.15, 0.2) is 60.7 Å². The van der Waals surface area contributed by atoms with Crippen molar-refractivity contribution in [1.82, 2.24) is 35.1 Å². The van der Waals surface area contributed by atoms with Crippen LogP contribution in [0.1, 0.15) is 62.5 Å². The second-order valence-electron chi connectivity index (χ2n) is 16.0. The number of nitrogens with zero attached hydrogens (tertiary/aromatic N) is 5. The number of amides is 5. The van der Waals surface area contributed by atoms with Gasteiger partial charge in [-0.1, -0.05) is 60.7 Å². The van der Waals surface area contributed by atoms with E-state index in [2.05, 4.69) is 97.2 Å². The zero-order chi connectivity index (χ0) is 42.4. The molecule has 2 aliphatic carbocycles. The number of nitrogens with one attached hydrogen (secondary N) is 2. The maximum absolute atomic E-state index is 12.4. The molecular formula is C40H56F3N7O7. The second-order valence-corrected chi connectivity index (χ2v) is 16.0. The summed E-state index contributed by atoms with van der Waals surface area (Å²) in [5.74, 6) is -3.75. The van der Waals surface area contributed by atoms with Crippen molar-refractivity contribution in [2.75, 3.05) is 68.5 Å². The van der Waals surface area contributed by atoms with Crippen LogP contribution < -0.4 is 10.6 Å². The molecule has 2 saturated carbocycles. The molecule has 6 rings (SSSR count). The van der Waals surface area contributed by atoms with Gasteiger partial charge in [-0.2, -0.15) is 13.2 Å². The zero-order valence-electron chi connectivity index (χ0n) is 33.6. The van der Waals surface area contributed by atoms with Gasteiger partial charge < -0.3 is 35.5 Å². The first-order valence-electron chi connectivity index (χ1n) is 18.9. The number of benzene rings is 2. The van der Waals surface area contributed by atoms with E-state index in [9.17, 15) is 32.3 Å². The van der Waals surface area contributed by atoms with Gasteiger partial charge in [0.05, 0.1) is 11.1 Å². The summed E-state index contributed by atoms with van der Waals surface area (Å²) in [5, 5.41) is 22.1. The molecule has 4 aliphatic rings. The molecular weight excluding hydrogens is 747 g/mol. The van der Waals surface area contributed by atoms with Crippen molar-refractivity contribution in [2.45, 2.75) is 79.7 Å². The first-order valence-corrected chi connectivity index (χ1v) is 18.9. The average molecular weight is 804 g/mol. The molecule has 2 saturated heterocycles. The summed E-state index contributed by atoms with van der Waals surface area (Å²) in [4.78, 5) is 66.2. The Bertz CT molecular complexity index is 1730. The summed E-state index contributed by atoms with van der Waals surface area (Å²) in [5.41, 5.74) is 1.91. The molecule has 0 radical (unpaired) electrons. The average Bonchev–Trinajstić information content (AvgIpc) is 3.63. The summed E-state index contributed by atoms with van der Waals surface area (Å²) in [6.45, 7) is 1.09. The number of hydrogen-bond acceptors (Lipinski definition) is 7. The second kappa shape index (κ2) is 17.7. The maximum Gasteiger partial charge on any atom is 0.490 e. The highest BCUT2D eigenvalue weighted by Gasteiger charge is 2.54. The highest BCUT2D eigenvalue weighted by Crippen LogP contribution is 2.49. The van der Waals surface area contributed by atoms with Gasteiger partial charge in [0.1, 0.15) is 13.1 Å². The van der Waals surface area contributed by atoms with Gasteiger partial charge in [-0.15, -0.1) is 0 Å². The number of hydrogen-bond donors (Lipinski definition) is 4. The summed E-state index contributed by atoms with van der Waals surface area (Å²) in [6, 6.07) is 20.7. The molecule has 2 aromatic carbocycles. The van der Waals surface area contributed by atoms with Gasteiger partial charge in [0.15, 0.2) is 0 Å². The Balaban J connectivity index is 0.000000217. The molecule has 2 aromatic rings. The SMILES string of the molecule is CN(C)C(=O)CN1C(=O)NCC12CCC(c1ccccc1)(N(C)C)CC2.CN(C)C1(c2ccccc2)CCC2(CC1)CNC(=O)N2CC(=O)O.O=C(O)C(F)(F)F. The minimum absolute atomic E-state index is 0.0185. The number of carboxylic acid groups (broad SMARTS) is 2. The van der Waals surface area contributed by atoms with E-state index in [0.717, 1.165) is 51.4 Å². The lowest BCUT2D eigenvalue weighted by Gasteiger charge is -2.50. The highest BCUT2D eigenvalue weighted by atomic mass is 19.4. The molecule has 4 fully saturated rings. The van der Waals surface area contributed by atoms with Crippen LogP contribution >= 0.6 is 0 Å². The maximum atomic E-state index is 12.4. The van der Waals surface area contributed by atoms with E-state index >= 15 is 0 Å². The third-order valence-corrected chi connectivity index (χ3v) is 12.5. The molecule has 0 atom stereocenters. The number of alkyl halides is 3. The summed E-state index contributed by atoms with van der Waals surface area (Å²) >= 11 is 0. The standard InChI is InChI=1S/C20H30N4O2.C18H25N3O3.C2HF3O2/c1-22(2)17(25)14-24-18(26)21-15-19(24)10-12-20(13-11-19,23(3)4)16-8-6-5-7-9-16;1-20(2)18(14-6-4-3-5-7-14)10-8-17(9-11-18)13-19-16(24)21(17)12-15(22)23;3-2(4,5)1(6)7/h5-9H,10-15H2,1-4H3,(H,21,26);3-7H,8-13H2,1-2H3,(H,19,24)(H,22,23);(H,6,7). The Labute approximate surface area is 331 Å². The lowest BCUT2D eigenvalue weighted by molar-refractivity contribution is -0.192. The van der Waals surface area contributed by atoms with Crippen LogP contribution in [0, 0.1) is 0 Å². The smallest absolute Gasteiger partial charge is 0.480 e. The van der Waals surface area contributed by atoms with Gasteiger partial charge in [-0.25, -0.2) is 14.4 Å². The number of rotatable bonds is 8. The molecule has 17 heteroatoms. The van der Waals surface area contributed by atoms with Crippen LogP contribution in [0.5, 0.6) is 0 Å². The van der Waals surface area contributed by atoms with E-state index < -0.39 is 18.1 Å². The number of carbonyl (C=O) groups is 5. The normalized spacial score (nSPS) is 27.0. The lowest BCUT2D eigenvalue weighted by Crippen LogP contribution is -2.57. The zero-order valence-corrected chi connectivity index (χ0v) is 33.6. The summed E-state index contributed by atoms with van der Waals surface area (Å²) in [6.07, 6.45) is 2.01. The molecule has 0 aromatic heterocycles. The molecule has 5 amide bonds. The van der Waals surface area contributed by atoms with Crippen molar-refractivity contribution in [2.24, 2.45) is 0 Å². The van der Waals surface area contributed by atoms with Crippen LogP contribution in [0.25, 0.3) is 0 Å². The van der Waals surface area contributed by atoms with E-state index in [4.69, 9.17) is 15.0 Å². The van der Waals surface area contributed by atoms with E-state index in [-0.39, 0.29) is 53.2 Å². The van der Waals surface area contributed by atoms with Gasteiger partial charge in [-0.05, 0) is 90.7 Å². The van der Waals surface area contributed by atoms with Crippen LogP contribution in [-0.4, -0.2) is 150 Å². The fraction of sp³-hybridized carbons (Fsp3) is 0.575. The third kappa shape index (κ3) is 9.63. The van der Waals surface area contributed by atoms with Gasteiger partial charge in [-0.3, -0.25) is 19.4 Å². The van der Waals surface area contributed by atoms with Crippen molar-refractivity contribution in [3.63, 3.8) is 0 Å². The third-order valence-electron chi connectivity index (χ3n) is 12.5. The molecule has 0 unspecified atom stereocenters. The topological polar surface area (TPSA) is 166 Å². The Hall–Kier alpha value is -4.90. The number of carboxylic acids is 2. The van der Waals surface area contributed by atoms with Crippen molar-refractivity contribution in [3.8, 4) is 0 Å². The van der Waals surface area contributed by atoms with Gasteiger partial charge >= 0.3 is 30.2 Å². The van der Waals surface area contributed by atoms with Crippen molar-refractivity contribution in [3.05, 3.63) is 71.8 Å². The van der Waals surface area contributed by atoms with Crippen LogP contribution in [-0.2, 0) is 25.5 Å². The van der Waals surface area contributed by atoms with Crippen LogP contribution in [0.4, 0.5) is 22.8 Å². The summed E-state index contributed by atoms with van der Waals surface area (Å²) in [7, 11) is 11.9. The number of aliphatic carboxylic acids is 2. The Morgan fingerprint density at radius 1 is 0.632 bits per heavy atom. The van der Waals surface area contributed by atoms with Crippen molar-refractivity contribution in [1.29, 1.82) is 0 Å². The summed E-state index contributed by atoms with van der Waals surface area (Å²) < 4.78 is 31.7. The predicted molar refractivity (Wildman–Crippen MR) is 206 cm³/mol. The minimum Gasteiger partial charge on any atom is -0.480 e. The van der Waals surface area contributed by atoms with Gasteiger partial charge in [0, 0.05) is 38.3 Å². The number of urea groups is 2. The van der Waals surface area contributed by atoms with E-state index in [1.165, 1.54) is 16.0 Å². The molecule has 4 N–H and O–H groups in total. The number of halogens is 3. The fourth-order valence-corrected chi connectivity index (χ4v) is 8.82.